The van der Waals surface area contributed by atoms with E-state index in [1.807, 2.05) is 20.8 Å². The molecule has 0 rings (SSSR count). The van der Waals surface area contributed by atoms with Crippen LogP contribution in [0.25, 0.3) is 0 Å². The number of methoxy groups -OCH3 is 1. The zero-order valence-electron chi connectivity index (χ0n) is 11.7. The van der Waals surface area contributed by atoms with Crippen molar-refractivity contribution in [2.24, 2.45) is 5.41 Å². The van der Waals surface area contributed by atoms with Crippen molar-refractivity contribution in [3.8, 4) is 0 Å². The summed E-state index contributed by atoms with van der Waals surface area (Å²) in [5.74, 6) is -0.473. The van der Waals surface area contributed by atoms with Crippen LogP contribution in [0.15, 0.2) is 11.5 Å². The van der Waals surface area contributed by atoms with E-state index >= 15 is 0 Å². The third kappa shape index (κ3) is 5.59. The largest absolute Gasteiger partial charge is 0.456 e. The van der Waals surface area contributed by atoms with Gasteiger partial charge in [-0.15, -0.1) is 12.6 Å². The van der Waals surface area contributed by atoms with Gasteiger partial charge in [-0.3, -0.25) is 0 Å². The van der Waals surface area contributed by atoms with E-state index in [1.165, 1.54) is 0 Å². The summed E-state index contributed by atoms with van der Waals surface area (Å²) >= 11 is 3.88. The van der Waals surface area contributed by atoms with Gasteiger partial charge in [-0.05, 0) is 32.6 Å². The fourth-order valence-electron chi connectivity index (χ4n) is 1.91. The zero-order valence-corrected chi connectivity index (χ0v) is 12.6. The molecule has 0 amide bonds. The number of rotatable bonds is 6. The number of carbonyl (C=O) groups is 1. The van der Waals surface area contributed by atoms with Crippen LogP contribution >= 0.6 is 12.6 Å². The fraction of sp³-hybridized carbons (Fsp3) is 0.769. The standard InChI is InChI=1S/C13H24O3S/c1-9(17)11(14)16-13(5,6)8-12(3,4)10(2)15-7/h10,17H,1,8H2,2-7H3. The van der Waals surface area contributed by atoms with E-state index < -0.39 is 11.6 Å². The molecule has 0 aromatic carbocycles. The first-order valence-corrected chi connectivity index (χ1v) is 6.10. The minimum Gasteiger partial charge on any atom is -0.456 e. The SMILES string of the molecule is C=C(S)C(=O)OC(C)(C)CC(C)(C)C(C)OC. The Morgan fingerprint density at radius 3 is 2.18 bits per heavy atom. The van der Waals surface area contributed by atoms with Gasteiger partial charge < -0.3 is 9.47 Å². The lowest BCUT2D eigenvalue weighted by molar-refractivity contribution is -0.155. The Bertz CT molecular complexity index is 295. The second-order valence-corrected chi connectivity index (χ2v) is 6.18. The van der Waals surface area contributed by atoms with E-state index in [-0.39, 0.29) is 16.4 Å². The summed E-state index contributed by atoms with van der Waals surface area (Å²) in [5, 5.41) is 0. The molecule has 0 radical (unpaired) electrons. The fourth-order valence-corrected chi connectivity index (χ4v) is 1.95. The van der Waals surface area contributed by atoms with Crippen molar-refractivity contribution in [1.82, 2.24) is 0 Å². The van der Waals surface area contributed by atoms with Crippen molar-refractivity contribution in [1.29, 1.82) is 0 Å². The summed E-state index contributed by atoms with van der Waals surface area (Å²) in [6.07, 6.45) is 0.779. The van der Waals surface area contributed by atoms with E-state index in [0.29, 0.717) is 6.42 Å². The average molecular weight is 260 g/mol. The lowest BCUT2D eigenvalue weighted by Gasteiger charge is -2.37. The molecule has 100 valence electrons. The van der Waals surface area contributed by atoms with E-state index in [2.05, 4.69) is 33.1 Å². The van der Waals surface area contributed by atoms with E-state index in [4.69, 9.17) is 9.47 Å². The van der Waals surface area contributed by atoms with E-state index in [1.54, 1.807) is 7.11 Å². The molecule has 0 spiro atoms. The quantitative estimate of drug-likeness (QED) is 0.452. The monoisotopic (exact) mass is 260 g/mol. The van der Waals surface area contributed by atoms with Gasteiger partial charge in [0.15, 0.2) is 0 Å². The molecule has 0 saturated carbocycles. The molecule has 17 heavy (non-hydrogen) atoms. The number of hydrogen-bond acceptors (Lipinski definition) is 4. The molecule has 0 saturated heterocycles. The summed E-state index contributed by atoms with van der Waals surface area (Å²) < 4.78 is 10.7. The van der Waals surface area contributed by atoms with Crippen LogP contribution in [0.4, 0.5) is 0 Å². The molecule has 0 aliphatic rings. The van der Waals surface area contributed by atoms with Gasteiger partial charge >= 0.3 is 5.97 Å². The molecule has 0 heterocycles. The summed E-state index contributed by atoms with van der Waals surface area (Å²) in [5.41, 5.74) is -0.657. The number of ether oxygens (including phenoxy) is 2. The summed E-state index contributed by atoms with van der Waals surface area (Å²) in [6.45, 7) is 13.4. The second-order valence-electron chi connectivity index (χ2n) is 5.64. The molecule has 1 unspecified atom stereocenters. The highest BCUT2D eigenvalue weighted by Gasteiger charge is 2.35. The third-order valence-corrected chi connectivity index (χ3v) is 3.12. The Morgan fingerprint density at radius 2 is 1.82 bits per heavy atom. The van der Waals surface area contributed by atoms with Crippen LogP contribution < -0.4 is 0 Å². The van der Waals surface area contributed by atoms with Crippen LogP contribution in [-0.2, 0) is 14.3 Å². The molecular weight excluding hydrogens is 236 g/mol. The van der Waals surface area contributed by atoms with Gasteiger partial charge in [-0.2, -0.15) is 0 Å². The van der Waals surface area contributed by atoms with Crippen molar-refractivity contribution < 1.29 is 14.3 Å². The van der Waals surface area contributed by atoms with Crippen LogP contribution in [0.2, 0.25) is 0 Å². The van der Waals surface area contributed by atoms with Gasteiger partial charge in [0.05, 0.1) is 11.0 Å². The van der Waals surface area contributed by atoms with E-state index in [9.17, 15) is 4.79 Å². The number of thiol groups is 1. The Morgan fingerprint density at radius 1 is 1.35 bits per heavy atom. The summed E-state index contributed by atoms with van der Waals surface area (Å²) in [6, 6.07) is 0. The Hall–Kier alpha value is -0.480. The molecule has 0 aliphatic heterocycles. The molecule has 0 aliphatic carbocycles. The minimum absolute atomic E-state index is 0.0830. The molecule has 0 aromatic heterocycles. The summed E-state index contributed by atoms with van der Waals surface area (Å²) in [4.78, 5) is 11.6. The van der Waals surface area contributed by atoms with Crippen LogP contribution in [0, 0.1) is 5.41 Å². The average Bonchev–Trinajstić information content (AvgIpc) is 2.13. The number of carbonyl (C=O) groups excluding carboxylic acids is 1. The molecule has 4 heteroatoms. The normalized spacial score (nSPS) is 14.3. The second kappa shape index (κ2) is 5.91. The molecule has 0 N–H and O–H groups in total. The Labute approximate surface area is 110 Å². The maximum Gasteiger partial charge on any atom is 0.344 e. The molecule has 0 bridgehead atoms. The van der Waals surface area contributed by atoms with Crippen molar-refractivity contribution in [3.63, 3.8) is 0 Å². The van der Waals surface area contributed by atoms with Crippen molar-refractivity contribution in [3.05, 3.63) is 11.5 Å². The zero-order chi connectivity index (χ0) is 13.9. The third-order valence-electron chi connectivity index (χ3n) is 2.94. The maximum absolute atomic E-state index is 11.5. The van der Waals surface area contributed by atoms with Crippen LogP contribution in [-0.4, -0.2) is 24.8 Å². The van der Waals surface area contributed by atoms with Crippen LogP contribution in [0.1, 0.15) is 41.0 Å². The van der Waals surface area contributed by atoms with Crippen molar-refractivity contribution in [2.45, 2.75) is 52.7 Å². The highest BCUT2D eigenvalue weighted by molar-refractivity contribution is 7.85. The van der Waals surface area contributed by atoms with Gasteiger partial charge in [-0.25, -0.2) is 4.79 Å². The predicted molar refractivity (Wildman–Crippen MR) is 73.2 cm³/mol. The summed E-state index contributed by atoms with van der Waals surface area (Å²) in [7, 11) is 1.68. The van der Waals surface area contributed by atoms with Crippen molar-refractivity contribution in [2.75, 3.05) is 7.11 Å². The number of hydrogen-bond donors (Lipinski definition) is 1. The van der Waals surface area contributed by atoms with Gasteiger partial charge in [0.2, 0.25) is 0 Å². The molecule has 3 nitrogen and oxygen atoms in total. The van der Waals surface area contributed by atoms with Gasteiger partial charge in [0.25, 0.3) is 0 Å². The van der Waals surface area contributed by atoms with Crippen LogP contribution in [0.5, 0.6) is 0 Å². The Kier molecular flexibility index (Phi) is 5.75. The van der Waals surface area contributed by atoms with E-state index in [0.717, 1.165) is 0 Å². The smallest absolute Gasteiger partial charge is 0.344 e. The first kappa shape index (κ1) is 16.5. The Balaban J connectivity index is 4.64. The first-order valence-electron chi connectivity index (χ1n) is 5.66. The van der Waals surface area contributed by atoms with Gasteiger partial charge in [0, 0.05) is 7.11 Å². The highest BCUT2D eigenvalue weighted by Crippen LogP contribution is 2.34. The first-order chi connectivity index (χ1) is 7.52. The minimum atomic E-state index is -0.570. The molecule has 1 atom stereocenters. The topological polar surface area (TPSA) is 35.5 Å². The van der Waals surface area contributed by atoms with Gasteiger partial charge in [-0.1, -0.05) is 20.4 Å². The lowest BCUT2D eigenvalue weighted by Crippen LogP contribution is -2.39. The van der Waals surface area contributed by atoms with Crippen molar-refractivity contribution >= 4 is 18.6 Å². The molecular formula is C13H24O3S. The number of esters is 1. The predicted octanol–water partition coefficient (Wildman–Crippen LogP) is 3.20. The maximum atomic E-state index is 11.5. The van der Waals surface area contributed by atoms with Gasteiger partial charge in [0.1, 0.15) is 5.60 Å². The molecule has 0 aromatic rings. The lowest BCUT2D eigenvalue weighted by atomic mass is 9.78. The highest BCUT2D eigenvalue weighted by atomic mass is 32.1. The molecule has 0 fully saturated rings. The van der Waals surface area contributed by atoms with Crippen LogP contribution in [0.3, 0.4) is 0 Å².